The van der Waals surface area contributed by atoms with E-state index in [1.165, 1.54) is 0 Å². The number of phosphoric acid groups is 1. The van der Waals surface area contributed by atoms with Gasteiger partial charge in [0, 0.05) is 0 Å². The van der Waals surface area contributed by atoms with E-state index in [0.717, 1.165) is 0 Å². The third-order valence-corrected chi connectivity index (χ3v) is 3.18. The third kappa shape index (κ3) is 3.88. The SMILES string of the molecule is Nc1nc2c(c(=O)[nH]1)N=C([C@H](O)[C@H](O)COP(=O)([O-])[O-])CN2. The monoisotopic (exact) mass is 333 g/mol. The summed E-state index contributed by atoms with van der Waals surface area (Å²) in [5.41, 5.74) is 4.49. The van der Waals surface area contributed by atoms with Crippen LogP contribution in [0.5, 0.6) is 0 Å². The molecular weight excluding hydrogens is 321 g/mol. The van der Waals surface area contributed by atoms with Crippen LogP contribution in [-0.2, 0) is 9.09 Å². The van der Waals surface area contributed by atoms with E-state index >= 15 is 0 Å². The summed E-state index contributed by atoms with van der Waals surface area (Å²) in [6.45, 7) is -1.01. The third-order valence-electron chi connectivity index (χ3n) is 2.71. The number of aliphatic hydroxyl groups excluding tert-OH is 2. The van der Waals surface area contributed by atoms with Crippen molar-refractivity contribution in [1.82, 2.24) is 9.97 Å². The number of H-pyrrole nitrogens is 1. The molecule has 2 rings (SSSR count). The van der Waals surface area contributed by atoms with Crippen LogP contribution in [0.25, 0.3) is 0 Å². The Labute approximate surface area is 122 Å². The van der Waals surface area contributed by atoms with Gasteiger partial charge in [0.25, 0.3) is 5.56 Å². The summed E-state index contributed by atoms with van der Waals surface area (Å²) in [7, 11) is -5.27. The predicted octanol–water partition coefficient (Wildman–Crippen LogP) is -3.58. The van der Waals surface area contributed by atoms with Gasteiger partial charge in [-0.15, -0.1) is 0 Å². The predicted molar refractivity (Wildman–Crippen MR) is 70.4 cm³/mol. The standard InChI is InChI=1S/C9H14N5O7P/c10-9-13-7-5(8(17)14-9)12-3(1-11-7)6(16)4(15)2-21-22(18,19)20/h4,6,15-16H,1-2H2,(H2,18,19,20)(H4,10,11,13,14,17)/p-2/t4-,6+/m1/s1. The van der Waals surface area contributed by atoms with Crippen LogP contribution in [0.4, 0.5) is 17.5 Å². The lowest BCUT2D eigenvalue weighted by atomic mass is 10.1. The van der Waals surface area contributed by atoms with Gasteiger partial charge in [0.2, 0.25) is 5.95 Å². The van der Waals surface area contributed by atoms with E-state index in [1.54, 1.807) is 0 Å². The molecule has 0 bridgehead atoms. The summed E-state index contributed by atoms with van der Waals surface area (Å²) in [5, 5.41) is 22.1. The summed E-state index contributed by atoms with van der Waals surface area (Å²) >= 11 is 0. The molecule has 2 heterocycles. The van der Waals surface area contributed by atoms with Gasteiger partial charge in [0.15, 0.2) is 11.5 Å². The molecule has 1 aliphatic rings. The zero-order valence-corrected chi connectivity index (χ0v) is 11.8. The van der Waals surface area contributed by atoms with Crippen LogP contribution in [0, 0.1) is 0 Å². The lowest BCUT2D eigenvalue weighted by molar-refractivity contribution is -0.343. The lowest BCUT2D eigenvalue weighted by Crippen LogP contribution is -2.42. The van der Waals surface area contributed by atoms with E-state index in [1.807, 2.05) is 0 Å². The molecular formula is C9H12N5O7P-2. The van der Waals surface area contributed by atoms with Gasteiger partial charge >= 0.3 is 0 Å². The van der Waals surface area contributed by atoms with Crippen LogP contribution in [-0.4, -0.2) is 51.3 Å². The first-order chi connectivity index (χ1) is 10.2. The molecule has 0 aliphatic carbocycles. The first-order valence-corrected chi connectivity index (χ1v) is 7.37. The number of hydrogen-bond donors (Lipinski definition) is 5. The second-order valence-electron chi connectivity index (χ2n) is 4.36. The van der Waals surface area contributed by atoms with Gasteiger partial charge in [0.05, 0.1) is 26.7 Å². The van der Waals surface area contributed by atoms with Gasteiger partial charge < -0.3 is 40.1 Å². The molecule has 6 N–H and O–H groups in total. The Hall–Kier alpha value is -1.82. The van der Waals surface area contributed by atoms with E-state index in [0.29, 0.717) is 0 Å². The number of hydrogen-bond acceptors (Lipinski definition) is 11. The molecule has 0 saturated carbocycles. The molecule has 1 aromatic heterocycles. The molecule has 1 aromatic rings. The van der Waals surface area contributed by atoms with E-state index in [2.05, 4.69) is 24.8 Å². The van der Waals surface area contributed by atoms with E-state index in [4.69, 9.17) is 5.73 Å². The Bertz CT molecular complexity index is 698. The van der Waals surface area contributed by atoms with Crippen LogP contribution >= 0.6 is 7.82 Å². The highest BCUT2D eigenvalue weighted by atomic mass is 31.2. The first-order valence-electron chi connectivity index (χ1n) is 5.91. The van der Waals surface area contributed by atoms with Crippen molar-refractivity contribution in [3.63, 3.8) is 0 Å². The molecule has 13 heteroatoms. The number of anilines is 2. The number of aromatic nitrogens is 2. The molecule has 12 nitrogen and oxygen atoms in total. The van der Waals surface area contributed by atoms with Crippen molar-refractivity contribution >= 4 is 31.0 Å². The van der Waals surface area contributed by atoms with Gasteiger partial charge in [-0.3, -0.25) is 9.78 Å². The Balaban J connectivity index is 2.17. The average Bonchev–Trinajstić information content (AvgIpc) is 2.42. The highest BCUT2D eigenvalue weighted by Crippen LogP contribution is 2.26. The fraction of sp³-hybridized carbons (Fsp3) is 0.444. The molecule has 0 fully saturated rings. The van der Waals surface area contributed by atoms with Crippen molar-refractivity contribution in [1.29, 1.82) is 0 Å². The first kappa shape index (κ1) is 16.5. The Morgan fingerprint density at radius 3 is 2.77 bits per heavy atom. The number of nitrogens with one attached hydrogen (secondary N) is 2. The van der Waals surface area contributed by atoms with Gasteiger partial charge in [0.1, 0.15) is 12.2 Å². The largest absolute Gasteiger partial charge is 0.790 e. The summed E-state index contributed by atoms with van der Waals surface area (Å²) in [6.07, 6.45) is -3.37. The van der Waals surface area contributed by atoms with Crippen LogP contribution in [0.15, 0.2) is 9.79 Å². The van der Waals surface area contributed by atoms with Gasteiger partial charge in [-0.2, -0.15) is 4.98 Å². The van der Waals surface area contributed by atoms with Crippen molar-refractivity contribution in [3.05, 3.63) is 10.4 Å². The highest BCUT2D eigenvalue weighted by molar-refractivity contribution is 7.43. The number of nitrogen functional groups attached to an aromatic ring is 1. The fourth-order valence-corrected chi connectivity index (χ4v) is 2.06. The minimum atomic E-state index is -5.27. The zero-order valence-electron chi connectivity index (χ0n) is 10.9. The fourth-order valence-electron chi connectivity index (χ4n) is 1.72. The minimum absolute atomic E-state index is 0.0627. The smallest absolute Gasteiger partial charge is 0.280 e. The number of fused-ring (bicyclic) bond motifs is 1. The van der Waals surface area contributed by atoms with Gasteiger partial charge in [-0.1, -0.05) is 0 Å². The molecule has 0 unspecified atom stereocenters. The van der Waals surface area contributed by atoms with E-state index in [9.17, 15) is 29.4 Å². The van der Waals surface area contributed by atoms with Crippen LogP contribution < -0.4 is 26.4 Å². The van der Waals surface area contributed by atoms with Gasteiger partial charge in [-0.25, -0.2) is 4.99 Å². The van der Waals surface area contributed by atoms with Crippen molar-refractivity contribution in [2.24, 2.45) is 4.99 Å². The molecule has 0 saturated heterocycles. The maximum absolute atomic E-state index is 11.7. The molecule has 0 spiro atoms. The van der Waals surface area contributed by atoms with Crippen molar-refractivity contribution < 1.29 is 29.1 Å². The highest BCUT2D eigenvalue weighted by Gasteiger charge is 2.27. The minimum Gasteiger partial charge on any atom is -0.790 e. The molecule has 0 radical (unpaired) electrons. The normalized spacial score (nSPS) is 17.2. The Morgan fingerprint density at radius 2 is 2.14 bits per heavy atom. The number of phosphoric ester groups is 1. The number of aliphatic hydroxyl groups is 2. The summed E-state index contributed by atoms with van der Waals surface area (Å²) in [4.78, 5) is 42.2. The Kier molecular flexibility index (Phi) is 4.60. The zero-order chi connectivity index (χ0) is 16.5. The number of nitrogens with zero attached hydrogens (tertiary/aromatic N) is 2. The molecule has 0 aromatic carbocycles. The summed E-state index contributed by atoms with van der Waals surface area (Å²) in [6, 6.07) is 0. The van der Waals surface area contributed by atoms with Crippen molar-refractivity contribution in [3.8, 4) is 0 Å². The average molecular weight is 333 g/mol. The van der Waals surface area contributed by atoms with Crippen molar-refractivity contribution in [2.45, 2.75) is 12.2 Å². The maximum atomic E-state index is 11.7. The lowest BCUT2D eigenvalue weighted by Gasteiger charge is -2.31. The van der Waals surface area contributed by atoms with Crippen LogP contribution in [0.3, 0.4) is 0 Å². The van der Waals surface area contributed by atoms with E-state index in [-0.39, 0.29) is 29.7 Å². The van der Waals surface area contributed by atoms with Crippen molar-refractivity contribution in [2.75, 3.05) is 24.2 Å². The van der Waals surface area contributed by atoms with Crippen LogP contribution in [0.2, 0.25) is 0 Å². The number of nitrogens with two attached hydrogens (primary N) is 1. The maximum Gasteiger partial charge on any atom is 0.280 e. The number of aliphatic imine (C=N–C) groups is 1. The van der Waals surface area contributed by atoms with Gasteiger partial charge in [-0.05, 0) is 0 Å². The topological polar surface area (TPSA) is 209 Å². The quantitative estimate of drug-likeness (QED) is 0.334. The molecule has 2 atom stereocenters. The molecule has 0 amide bonds. The summed E-state index contributed by atoms with van der Waals surface area (Å²) < 4.78 is 14.2. The molecule has 122 valence electrons. The number of rotatable bonds is 5. The summed E-state index contributed by atoms with van der Waals surface area (Å²) in [5.74, 6) is -0.0166. The number of aromatic amines is 1. The second kappa shape index (κ2) is 6.12. The van der Waals surface area contributed by atoms with E-state index < -0.39 is 32.2 Å². The second-order valence-corrected chi connectivity index (χ2v) is 5.51. The molecule has 22 heavy (non-hydrogen) atoms. The van der Waals surface area contributed by atoms with Crippen LogP contribution in [0.1, 0.15) is 0 Å². The molecule has 1 aliphatic heterocycles. The Morgan fingerprint density at radius 1 is 1.45 bits per heavy atom.